The molecule has 0 bridgehead atoms. The van der Waals surface area contributed by atoms with Crippen molar-refractivity contribution in [2.75, 3.05) is 12.4 Å². The molecule has 0 saturated carbocycles. The third-order valence-electron chi connectivity index (χ3n) is 3.95. The van der Waals surface area contributed by atoms with Crippen LogP contribution in [-0.2, 0) is 19.7 Å². The molecule has 3 aromatic rings. The lowest BCUT2D eigenvalue weighted by Crippen LogP contribution is -2.10. The van der Waals surface area contributed by atoms with E-state index in [4.69, 9.17) is 9.47 Å². The van der Waals surface area contributed by atoms with Crippen molar-refractivity contribution in [2.24, 2.45) is 0 Å². The zero-order valence-electron chi connectivity index (χ0n) is 15.4. The second-order valence-electron chi connectivity index (χ2n) is 5.95. The zero-order chi connectivity index (χ0) is 19.1. The number of aryl methyl sites for hydroxylation is 1. The maximum Gasteiger partial charge on any atom is 0.243 e. The fourth-order valence-electron chi connectivity index (χ4n) is 2.67. The summed E-state index contributed by atoms with van der Waals surface area (Å²) in [6.45, 7) is 3.80. The first kappa shape index (κ1) is 19.2. The molecular formula is C19H22BrN5O2. The number of benzene rings is 2. The number of methoxy groups -OCH3 is 1. The standard InChI is InChI=1S/C19H22BrN5O2/c1-3-9-25-19(22-23-24-25)21-12-15-10-16(20)11-17(26-2)18(15)27-13-14-7-5-4-6-8-14/h4-8,10-11H,3,9,12-13H2,1-2H3,(H,21,22,24). The lowest BCUT2D eigenvalue weighted by Gasteiger charge is -2.16. The summed E-state index contributed by atoms with van der Waals surface area (Å²) in [5.41, 5.74) is 2.04. The summed E-state index contributed by atoms with van der Waals surface area (Å²) >= 11 is 3.53. The molecule has 0 radical (unpaired) electrons. The molecule has 8 heteroatoms. The first-order valence-electron chi connectivity index (χ1n) is 8.74. The number of nitrogens with zero attached hydrogens (tertiary/aromatic N) is 4. The van der Waals surface area contributed by atoms with E-state index >= 15 is 0 Å². The fourth-order valence-corrected chi connectivity index (χ4v) is 3.15. The van der Waals surface area contributed by atoms with Crippen molar-refractivity contribution in [3.63, 3.8) is 0 Å². The average molecular weight is 432 g/mol. The Bertz CT molecular complexity index is 870. The molecule has 0 aliphatic heterocycles. The normalized spacial score (nSPS) is 10.6. The molecule has 3 rings (SSSR count). The second-order valence-corrected chi connectivity index (χ2v) is 6.87. The van der Waals surface area contributed by atoms with E-state index in [1.807, 2.05) is 42.5 Å². The minimum Gasteiger partial charge on any atom is -0.493 e. The van der Waals surface area contributed by atoms with Crippen LogP contribution in [-0.4, -0.2) is 27.3 Å². The van der Waals surface area contributed by atoms with Crippen LogP contribution in [0.3, 0.4) is 0 Å². The highest BCUT2D eigenvalue weighted by Gasteiger charge is 2.14. The van der Waals surface area contributed by atoms with Gasteiger partial charge in [-0.15, -0.1) is 0 Å². The number of halogens is 1. The summed E-state index contributed by atoms with van der Waals surface area (Å²) in [5, 5.41) is 15.1. The quantitative estimate of drug-likeness (QED) is 0.550. The van der Waals surface area contributed by atoms with Crippen LogP contribution in [0.1, 0.15) is 24.5 Å². The molecular weight excluding hydrogens is 410 g/mol. The van der Waals surface area contributed by atoms with Gasteiger partial charge in [-0.05, 0) is 34.5 Å². The Labute approximate surface area is 166 Å². The highest BCUT2D eigenvalue weighted by atomic mass is 79.9. The molecule has 1 aromatic heterocycles. The van der Waals surface area contributed by atoms with Gasteiger partial charge in [-0.2, -0.15) is 0 Å². The Morgan fingerprint density at radius 1 is 1.19 bits per heavy atom. The van der Waals surface area contributed by atoms with E-state index in [-0.39, 0.29) is 0 Å². The molecule has 0 atom stereocenters. The van der Waals surface area contributed by atoms with E-state index < -0.39 is 0 Å². The largest absolute Gasteiger partial charge is 0.493 e. The van der Waals surface area contributed by atoms with Gasteiger partial charge in [-0.3, -0.25) is 0 Å². The Balaban J connectivity index is 1.80. The van der Waals surface area contributed by atoms with Gasteiger partial charge in [0.2, 0.25) is 5.95 Å². The second kappa shape index (κ2) is 9.36. The average Bonchev–Trinajstić information content (AvgIpc) is 3.13. The number of nitrogens with one attached hydrogen (secondary N) is 1. The van der Waals surface area contributed by atoms with Crippen molar-refractivity contribution in [1.29, 1.82) is 0 Å². The summed E-state index contributed by atoms with van der Waals surface area (Å²) < 4.78 is 14.3. The van der Waals surface area contributed by atoms with Gasteiger partial charge in [0.25, 0.3) is 0 Å². The van der Waals surface area contributed by atoms with Gasteiger partial charge >= 0.3 is 0 Å². The molecule has 0 saturated heterocycles. The third kappa shape index (κ3) is 4.97. The SMILES string of the molecule is CCCn1nnnc1NCc1cc(Br)cc(OC)c1OCc1ccccc1. The molecule has 0 aliphatic carbocycles. The zero-order valence-corrected chi connectivity index (χ0v) is 16.9. The number of anilines is 1. The van der Waals surface area contributed by atoms with Gasteiger partial charge in [-0.25, -0.2) is 4.68 Å². The Morgan fingerprint density at radius 2 is 2.00 bits per heavy atom. The van der Waals surface area contributed by atoms with Crippen LogP contribution in [0.2, 0.25) is 0 Å². The molecule has 2 aromatic carbocycles. The van der Waals surface area contributed by atoms with Crippen LogP contribution in [0.15, 0.2) is 46.9 Å². The maximum absolute atomic E-state index is 6.10. The van der Waals surface area contributed by atoms with Crippen molar-refractivity contribution in [1.82, 2.24) is 20.2 Å². The van der Waals surface area contributed by atoms with Gasteiger partial charge in [0.1, 0.15) is 6.61 Å². The summed E-state index contributed by atoms with van der Waals surface area (Å²) in [6, 6.07) is 13.9. The van der Waals surface area contributed by atoms with E-state index in [9.17, 15) is 0 Å². The topological polar surface area (TPSA) is 74.1 Å². The molecule has 1 heterocycles. The Hall–Kier alpha value is -2.61. The summed E-state index contributed by atoms with van der Waals surface area (Å²) in [7, 11) is 1.64. The maximum atomic E-state index is 6.10. The smallest absolute Gasteiger partial charge is 0.243 e. The minimum absolute atomic E-state index is 0.458. The minimum atomic E-state index is 0.458. The third-order valence-corrected chi connectivity index (χ3v) is 4.40. The summed E-state index contributed by atoms with van der Waals surface area (Å²) in [6.07, 6.45) is 0.954. The molecule has 7 nitrogen and oxygen atoms in total. The Morgan fingerprint density at radius 3 is 2.74 bits per heavy atom. The molecule has 0 spiro atoms. The number of hydrogen-bond acceptors (Lipinski definition) is 6. The van der Waals surface area contributed by atoms with Crippen molar-refractivity contribution >= 4 is 21.9 Å². The predicted octanol–water partition coefficient (Wildman–Crippen LogP) is 4.05. The lowest BCUT2D eigenvalue weighted by molar-refractivity contribution is 0.281. The van der Waals surface area contributed by atoms with Crippen molar-refractivity contribution < 1.29 is 9.47 Å². The van der Waals surface area contributed by atoms with Crippen molar-refractivity contribution in [3.05, 3.63) is 58.1 Å². The van der Waals surface area contributed by atoms with Gasteiger partial charge in [0, 0.05) is 23.1 Å². The van der Waals surface area contributed by atoms with Crippen LogP contribution in [0, 0.1) is 0 Å². The van der Waals surface area contributed by atoms with Crippen molar-refractivity contribution in [3.8, 4) is 11.5 Å². The van der Waals surface area contributed by atoms with Crippen LogP contribution >= 0.6 is 15.9 Å². The molecule has 0 unspecified atom stereocenters. The van der Waals surface area contributed by atoms with Crippen LogP contribution in [0.25, 0.3) is 0 Å². The van der Waals surface area contributed by atoms with Crippen molar-refractivity contribution in [2.45, 2.75) is 33.0 Å². The van der Waals surface area contributed by atoms with E-state index in [0.29, 0.717) is 30.6 Å². The van der Waals surface area contributed by atoms with E-state index in [1.54, 1.807) is 11.8 Å². The fraction of sp³-hybridized carbons (Fsp3) is 0.316. The highest BCUT2D eigenvalue weighted by Crippen LogP contribution is 2.35. The van der Waals surface area contributed by atoms with E-state index in [0.717, 1.165) is 28.6 Å². The number of ether oxygens (including phenoxy) is 2. The summed E-state index contributed by atoms with van der Waals surface area (Å²) in [4.78, 5) is 0. The number of hydrogen-bond donors (Lipinski definition) is 1. The van der Waals surface area contributed by atoms with Gasteiger partial charge in [-0.1, -0.05) is 58.3 Å². The first-order valence-corrected chi connectivity index (χ1v) is 9.53. The predicted molar refractivity (Wildman–Crippen MR) is 107 cm³/mol. The molecule has 0 aliphatic rings. The van der Waals surface area contributed by atoms with Gasteiger partial charge in [0.15, 0.2) is 11.5 Å². The molecule has 0 fully saturated rings. The molecule has 1 N–H and O–H groups in total. The van der Waals surface area contributed by atoms with Crippen LogP contribution < -0.4 is 14.8 Å². The monoisotopic (exact) mass is 431 g/mol. The lowest BCUT2D eigenvalue weighted by atomic mass is 10.1. The highest BCUT2D eigenvalue weighted by molar-refractivity contribution is 9.10. The van der Waals surface area contributed by atoms with Crippen LogP contribution in [0.4, 0.5) is 5.95 Å². The molecule has 142 valence electrons. The number of rotatable bonds is 9. The summed E-state index contributed by atoms with van der Waals surface area (Å²) in [5.74, 6) is 2.00. The van der Waals surface area contributed by atoms with E-state index in [2.05, 4.69) is 43.7 Å². The first-order chi connectivity index (χ1) is 13.2. The van der Waals surface area contributed by atoms with E-state index in [1.165, 1.54) is 0 Å². The molecule has 0 amide bonds. The number of aromatic nitrogens is 4. The van der Waals surface area contributed by atoms with Crippen LogP contribution in [0.5, 0.6) is 11.5 Å². The van der Waals surface area contributed by atoms with Gasteiger partial charge < -0.3 is 14.8 Å². The molecule has 27 heavy (non-hydrogen) atoms. The Kier molecular flexibility index (Phi) is 6.64. The number of tetrazole rings is 1. The van der Waals surface area contributed by atoms with Gasteiger partial charge in [0.05, 0.1) is 7.11 Å².